The van der Waals surface area contributed by atoms with E-state index < -0.39 is 23.4 Å². The largest absolute Gasteiger partial charge is 0.352 e. The van der Waals surface area contributed by atoms with Crippen LogP contribution in [0.2, 0.25) is 5.02 Å². The Labute approximate surface area is 215 Å². The van der Waals surface area contributed by atoms with Crippen molar-refractivity contribution < 1.29 is 14.4 Å². The van der Waals surface area contributed by atoms with Crippen LogP contribution < -0.4 is 4.90 Å². The number of benzene rings is 3. The van der Waals surface area contributed by atoms with Crippen LogP contribution in [0.4, 0.5) is 5.69 Å². The van der Waals surface area contributed by atoms with E-state index in [2.05, 4.69) is 13.8 Å². The van der Waals surface area contributed by atoms with Crippen molar-refractivity contribution in [1.82, 2.24) is 0 Å². The van der Waals surface area contributed by atoms with Gasteiger partial charge in [0.25, 0.3) is 0 Å². The first-order valence-corrected chi connectivity index (χ1v) is 12.7. The summed E-state index contributed by atoms with van der Waals surface area (Å²) >= 11 is 6.28. The normalized spacial score (nSPS) is 23.2. The molecule has 3 aromatic carbocycles. The van der Waals surface area contributed by atoms with Crippen LogP contribution in [0.5, 0.6) is 0 Å². The summed E-state index contributed by atoms with van der Waals surface area (Å²) in [4.78, 5) is 44.2. The maximum absolute atomic E-state index is 14.4. The fraction of sp³-hybridized carbons (Fsp3) is 0.258. The van der Waals surface area contributed by atoms with Crippen LogP contribution in [0.25, 0.3) is 6.08 Å². The van der Waals surface area contributed by atoms with Gasteiger partial charge in [0.05, 0.1) is 12.1 Å². The molecule has 0 saturated carbocycles. The second kappa shape index (κ2) is 8.01. The molecule has 2 heterocycles. The zero-order chi connectivity index (χ0) is 25.4. The fourth-order valence-corrected chi connectivity index (χ4v) is 6.74. The number of carbonyl (C=O) groups is 3. The zero-order valence-electron chi connectivity index (χ0n) is 20.4. The van der Waals surface area contributed by atoms with Crippen LogP contribution in [0.15, 0.2) is 72.8 Å². The highest BCUT2D eigenvalue weighted by molar-refractivity contribution is 6.32. The van der Waals surface area contributed by atoms with Gasteiger partial charge in [-0.25, -0.2) is 0 Å². The lowest BCUT2D eigenvalue weighted by molar-refractivity contribution is -0.118. The molecule has 1 unspecified atom stereocenters. The highest BCUT2D eigenvalue weighted by atomic mass is 35.5. The van der Waals surface area contributed by atoms with E-state index in [4.69, 9.17) is 11.6 Å². The average molecular weight is 496 g/mol. The molecule has 1 aliphatic carbocycles. The Morgan fingerprint density at radius 2 is 1.58 bits per heavy atom. The van der Waals surface area contributed by atoms with E-state index in [1.807, 2.05) is 53.5 Å². The first-order chi connectivity index (χ1) is 17.3. The lowest BCUT2D eigenvalue weighted by Crippen LogP contribution is -2.48. The van der Waals surface area contributed by atoms with Gasteiger partial charge < -0.3 is 4.90 Å². The molecule has 0 radical (unpaired) electrons. The first kappa shape index (κ1) is 22.9. The molecule has 1 fully saturated rings. The molecular weight excluding hydrogens is 470 g/mol. The molecule has 1 saturated heterocycles. The molecule has 36 heavy (non-hydrogen) atoms. The molecule has 3 aromatic rings. The molecule has 0 amide bonds. The van der Waals surface area contributed by atoms with E-state index in [-0.39, 0.29) is 17.3 Å². The van der Waals surface area contributed by atoms with Crippen LogP contribution in [-0.2, 0) is 4.79 Å². The number of hydrogen-bond donors (Lipinski definition) is 0. The summed E-state index contributed by atoms with van der Waals surface area (Å²) in [5.41, 5.74) is 3.10. The fourth-order valence-electron chi connectivity index (χ4n) is 6.56. The first-order valence-electron chi connectivity index (χ1n) is 12.3. The molecule has 1 spiro atoms. The van der Waals surface area contributed by atoms with Gasteiger partial charge in [0.2, 0.25) is 0 Å². The van der Waals surface area contributed by atoms with Crippen molar-refractivity contribution in [3.63, 3.8) is 0 Å². The number of ketones is 3. The van der Waals surface area contributed by atoms with Crippen LogP contribution in [0.3, 0.4) is 0 Å². The maximum atomic E-state index is 14.4. The van der Waals surface area contributed by atoms with Crippen molar-refractivity contribution in [3.8, 4) is 0 Å². The standard InChI is InChI=1S/C31H26ClNO3/c1-17(2)19-8-10-20(11-9-19)27-28(18(3)34)33-25-14-13-22(32)16-21(25)12-15-26(33)31(27)29(35)23-6-4-5-7-24(23)30(31)36/h4-17,26-28H,1-3H3/t26?,27-,28-/m0/s1. The average Bonchev–Trinajstić information content (AvgIpc) is 3.30. The summed E-state index contributed by atoms with van der Waals surface area (Å²) < 4.78 is 0. The number of fused-ring (bicyclic) bond motifs is 5. The molecule has 3 aliphatic rings. The molecule has 0 bridgehead atoms. The Morgan fingerprint density at radius 3 is 2.17 bits per heavy atom. The number of rotatable bonds is 3. The third-order valence-corrected chi connectivity index (χ3v) is 8.38. The number of hydrogen-bond acceptors (Lipinski definition) is 4. The minimum Gasteiger partial charge on any atom is -0.352 e. The van der Waals surface area contributed by atoms with E-state index in [1.54, 1.807) is 37.3 Å². The van der Waals surface area contributed by atoms with Crippen molar-refractivity contribution in [1.29, 1.82) is 0 Å². The van der Waals surface area contributed by atoms with Gasteiger partial charge in [-0.2, -0.15) is 0 Å². The zero-order valence-corrected chi connectivity index (χ0v) is 21.1. The molecule has 6 rings (SSSR count). The summed E-state index contributed by atoms with van der Waals surface area (Å²) in [5.74, 6) is -0.795. The monoisotopic (exact) mass is 495 g/mol. The summed E-state index contributed by atoms with van der Waals surface area (Å²) in [5, 5.41) is 0.589. The van der Waals surface area contributed by atoms with Gasteiger partial charge >= 0.3 is 0 Å². The summed E-state index contributed by atoms with van der Waals surface area (Å²) in [6, 6.07) is 19.4. The molecule has 3 atom stereocenters. The van der Waals surface area contributed by atoms with Crippen molar-refractivity contribution in [2.24, 2.45) is 5.41 Å². The van der Waals surface area contributed by atoms with Gasteiger partial charge in [-0.15, -0.1) is 0 Å². The number of anilines is 1. The minimum atomic E-state index is -1.44. The van der Waals surface area contributed by atoms with Gasteiger partial charge in [0.15, 0.2) is 17.3 Å². The predicted octanol–water partition coefficient (Wildman–Crippen LogP) is 6.49. The molecule has 4 nitrogen and oxygen atoms in total. The van der Waals surface area contributed by atoms with E-state index in [0.29, 0.717) is 22.1 Å². The van der Waals surface area contributed by atoms with Crippen molar-refractivity contribution in [3.05, 3.63) is 106 Å². The minimum absolute atomic E-state index is 0.0810. The predicted molar refractivity (Wildman–Crippen MR) is 142 cm³/mol. The van der Waals surface area contributed by atoms with Gasteiger partial charge in [-0.1, -0.05) is 86.1 Å². The van der Waals surface area contributed by atoms with Crippen LogP contribution >= 0.6 is 11.6 Å². The van der Waals surface area contributed by atoms with Crippen LogP contribution in [0, 0.1) is 5.41 Å². The molecule has 0 aromatic heterocycles. The van der Waals surface area contributed by atoms with Crippen molar-refractivity contribution in [2.75, 3.05) is 4.90 Å². The van der Waals surface area contributed by atoms with Crippen LogP contribution in [0.1, 0.15) is 70.0 Å². The SMILES string of the molecule is CC(=O)[C@H]1[C@H](c2ccc(C(C)C)cc2)C2(C(=O)c3ccccc3C2=O)C2C=Cc3cc(Cl)ccc3N21. The lowest BCUT2D eigenvalue weighted by atomic mass is 9.64. The van der Waals surface area contributed by atoms with Gasteiger partial charge in [0.1, 0.15) is 5.41 Å². The number of carbonyl (C=O) groups excluding carboxylic acids is 3. The Kier molecular flexibility index (Phi) is 5.10. The maximum Gasteiger partial charge on any atom is 0.180 e. The van der Waals surface area contributed by atoms with Gasteiger partial charge in [-0.3, -0.25) is 14.4 Å². The quantitative estimate of drug-likeness (QED) is 0.390. The van der Waals surface area contributed by atoms with E-state index in [9.17, 15) is 14.4 Å². The van der Waals surface area contributed by atoms with E-state index >= 15 is 0 Å². The van der Waals surface area contributed by atoms with Gasteiger partial charge in [0, 0.05) is 27.8 Å². The van der Waals surface area contributed by atoms with Crippen LogP contribution in [-0.4, -0.2) is 29.4 Å². The van der Waals surface area contributed by atoms with Crippen molar-refractivity contribution >= 4 is 40.7 Å². The Bertz CT molecular complexity index is 1430. The smallest absolute Gasteiger partial charge is 0.180 e. The number of Topliss-reactive ketones (excluding diaryl/α,β-unsaturated/α-hetero) is 3. The second-order valence-electron chi connectivity index (χ2n) is 10.3. The number of nitrogens with zero attached hydrogens (tertiary/aromatic N) is 1. The molecule has 180 valence electrons. The summed E-state index contributed by atoms with van der Waals surface area (Å²) in [6.07, 6.45) is 3.84. The molecule has 0 N–H and O–H groups in total. The lowest BCUT2D eigenvalue weighted by Gasteiger charge is -2.37. The molecule has 5 heteroatoms. The summed E-state index contributed by atoms with van der Waals surface area (Å²) in [7, 11) is 0. The van der Waals surface area contributed by atoms with E-state index in [1.165, 1.54) is 0 Å². The highest BCUT2D eigenvalue weighted by Crippen LogP contribution is 2.60. The second-order valence-corrected chi connectivity index (χ2v) is 10.8. The molecule has 2 aliphatic heterocycles. The molecular formula is C31H26ClNO3. The third kappa shape index (κ3) is 2.91. The van der Waals surface area contributed by atoms with E-state index in [0.717, 1.165) is 22.4 Å². The Hall–Kier alpha value is -3.50. The number of halogens is 1. The Morgan fingerprint density at radius 1 is 0.944 bits per heavy atom. The highest BCUT2D eigenvalue weighted by Gasteiger charge is 2.71. The van der Waals surface area contributed by atoms with Crippen molar-refractivity contribution in [2.45, 2.75) is 44.7 Å². The topological polar surface area (TPSA) is 54.5 Å². The summed E-state index contributed by atoms with van der Waals surface area (Å²) in [6.45, 7) is 5.80. The van der Waals surface area contributed by atoms with Gasteiger partial charge in [-0.05, 0) is 47.7 Å². The Balaban J connectivity index is 1.65. The third-order valence-electron chi connectivity index (χ3n) is 8.14.